The average Bonchev–Trinajstić information content (AvgIpc) is 2.28. The fourth-order valence-corrected chi connectivity index (χ4v) is 1.50. The molecule has 6 nitrogen and oxygen atoms in total. The van der Waals surface area contributed by atoms with Crippen molar-refractivity contribution >= 4 is 23.2 Å². The number of carbonyl (C=O) groups is 2. The molecule has 1 unspecified atom stereocenters. The Balaban J connectivity index is 0. The monoisotopic (exact) mass is 294 g/mol. The molecular weight excluding hydrogens is 282 g/mol. The molecule has 0 saturated heterocycles. The second-order valence-corrected chi connectivity index (χ2v) is 3.71. The van der Waals surface area contributed by atoms with E-state index in [0.29, 0.717) is 11.3 Å². The van der Waals surface area contributed by atoms with Crippen LogP contribution in [0, 0.1) is 0 Å². The van der Waals surface area contributed by atoms with Crippen molar-refractivity contribution in [1.82, 2.24) is 0 Å². The van der Waals surface area contributed by atoms with Gasteiger partial charge >= 0.3 is 59.1 Å². The van der Waals surface area contributed by atoms with Crippen LogP contribution in [0.1, 0.15) is 12.0 Å². The zero-order valence-corrected chi connectivity index (χ0v) is 15.5. The van der Waals surface area contributed by atoms with E-state index in [1.165, 1.54) is 0 Å². The van der Waals surface area contributed by atoms with Gasteiger partial charge in [-0.05, 0) is 24.1 Å². The van der Waals surface area contributed by atoms with Crippen LogP contribution in [0.5, 0.6) is 0 Å². The number of rotatable bonds is 5. The minimum atomic E-state index is -1.46. The summed E-state index contributed by atoms with van der Waals surface area (Å²) in [6.45, 7) is 0. The molecule has 1 atom stereocenters. The largest absolute Gasteiger partial charge is 1.00 e. The van der Waals surface area contributed by atoms with Crippen molar-refractivity contribution < 1.29 is 78.9 Å². The molecule has 20 heavy (non-hydrogen) atoms. The smallest absolute Gasteiger partial charge is 0.548 e. The topological polar surface area (TPSA) is 132 Å². The molecule has 0 radical (unpaired) electrons. The van der Waals surface area contributed by atoms with Crippen molar-refractivity contribution in [1.29, 1.82) is 0 Å². The van der Waals surface area contributed by atoms with Crippen molar-refractivity contribution in [2.75, 3.05) is 5.73 Å². The van der Waals surface area contributed by atoms with Crippen LogP contribution >= 0.6 is 0 Å². The molecule has 4 N–H and O–H groups in total. The minimum absolute atomic E-state index is 0. The number of hydrogen-bond acceptors (Lipinski definition) is 6. The number of nitrogens with two attached hydrogens (primary N) is 2. The van der Waals surface area contributed by atoms with Crippen molar-refractivity contribution in [3.8, 4) is 0 Å². The van der Waals surface area contributed by atoms with E-state index in [-0.39, 0.29) is 71.1 Å². The second-order valence-electron chi connectivity index (χ2n) is 3.71. The zero-order valence-electron chi connectivity index (χ0n) is 11.5. The Bertz CT molecular complexity index is 506. The quantitative estimate of drug-likeness (QED) is 0.315. The third-order valence-corrected chi connectivity index (χ3v) is 2.34. The molecule has 0 bridgehead atoms. The summed E-state index contributed by atoms with van der Waals surface area (Å²) in [7, 11) is 0. The number of carbonyl (C=O) groups excluding carboxylic acids is 2. The van der Waals surface area contributed by atoms with E-state index in [2.05, 4.69) is 0 Å². The van der Waals surface area contributed by atoms with Gasteiger partial charge in [0.1, 0.15) is 0 Å². The van der Waals surface area contributed by atoms with E-state index in [1.54, 1.807) is 24.3 Å². The molecule has 0 saturated carbocycles. The third-order valence-electron chi connectivity index (χ3n) is 2.34. The number of carboxylic acids is 2. The molecule has 0 aliphatic rings. The molecule has 0 aromatic heterocycles. The Morgan fingerprint density at radius 1 is 1.20 bits per heavy atom. The summed E-state index contributed by atoms with van der Waals surface area (Å²) in [6, 6.07) is 5.16. The Hall–Kier alpha value is -0.340. The number of aliphatic carboxylic acids is 2. The maximum Gasteiger partial charge on any atom is 1.00 e. The SMILES string of the molecule is Nc1ccccc1/C(=C\C(=O)[O-])CC(N)C(=O)[O-].[Na+].[Na+]. The van der Waals surface area contributed by atoms with Crippen LogP contribution < -0.4 is 80.8 Å². The Labute approximate surface area is 160 Å². The summed E-state index contributed by atoms with van der Waals surface area (Å²) >= 11 is 0. The van der Waals surface area contributed by atoms with Crippen LogP contribution in [0.25, 0.3) is 5.57 Å². The summed E-state index contributed by atoms with van der Waals surface area (Å²) in [5.74, 6) is -2.91. The molecule has 8 heteroatoms. The van der Waals surface area contributed by atoms with Crippen molar-refractivity contribution in [3.05, 3.63) is 35.9 Å². The zero-order chi connectivity index (χ0) is 13.7. The molecular formula is C12H12N2Na2O4. The van der Waals surface area contributed by atoms with E-state index >= 15 is 0 Å². The van der Waals surface area contributed by atoms with Crippen molar-refractivity contribution in [2.24, 2.45) is 5.73 Å². The standard InChI is InChI=1S/C12H14N2O4.2Na/c13-9-4-2-1-3-8(9)7(6-11(15)16)5-10(14)12(17)18;;/h1-4,6,10H,5,13-14H2,(H,15,16)(H,17,18);;/q;2*+1/p-2/b7-6-;;. The maximum absolute atomic E-state index is 10.6. The molecule has 0 aliphatic heterocycles. The predicted molar refractivity (Wildman–Crippen MR) is 61.4 cm³/mol. The van der Waals surface area contributed by atoms with Gasteiger partial charge in [0.15, 0.2) is 0 Å². The van der Waals surface area contributed by atoms with E-state index in [4.69, 9.17) is 11.5 Å². The van der Waals surface area contributed by atoms with E-state index in [9.17, 15) is 19.8 Å². The first kappa shape index (κ1) is 21.9. The Morgan fingerprint density at radius 3 is 2.20 bits per heavy atom. The van der Waals surface area contributed by atoms with Crippen LogP contribution in [0.3, 0.4) is 0 Å². The van der Waals surface area contributed by atoms with Crippen LogP contribution in [0.4, 0.5) is 5.69 Å². The Morgan fingerprint density at radius 2 is 1.75 bits per heavy atom. The molecule has 96 valence electrons. The predicted octanol–water partition coefficient (Wildman–Crippen LogP) is -8.12. The molecule has 1 aromatic carbocycles. The first-order chi connectivity index (χ1) is 8.41. The molecule has 1 rings (SSSR count). The van der Waals surface area contributed by atoms with Gasteiger partial charge in [-0.1, -0.05) is 18.2 Å². The fourth-order valence-electron chi connectivity index (χ4n) is 1.50. The molecule has 0 spiro atoms. The van der Waals surface area contributed by atoms with Gasteiger partial charge in [-0.15, -0.1) is 0 Å². The van der Waals surface area contributed by atoms with Gasteiger partial charge in [0.2, 0.25) is 0 Å². The van der Waals surface area contributed by atoms with Gasteiger partial charge in [0.25, 0.3) is 0 Å². The number of para-hydroxylation sites is 1. The summed E-state index contributed by atoms with van der Waals surface area (Å²) in [6.07, 6.45) is 0.582. The first-order valence-corrected chi connectivity index (χ1v) is 5.14. The number of hydrogen-bond donors (Lipinski definition) is 2. The van der Waals surface area contributed by atoms with Gasteiger partial charge in [0.05, 0.1) is 11.9 Å². The van der Waals surface area contributed by atoms with Gasteiger partial charge in [0, 0.05) is 17.3 Å². The number of nitrogen functional groups attached to an aromatic ring is 1. The molecule has 0 aliphatic carbocycles. The summed E-state index contributed by atoms with van der Waals surface area (Å²) in [5.41, 5.74) is 11.9. The van der Waals surface area contributed by atoms with Gasteiger partial charge in [-0.3, -0.25) is 0 Å². The molecule has 0 fully saturated rings. The fraction of sp³-hybridized carbons (Fsp3) is 0.167. The van der Waals surface area contributed by atoms with Crippen molar-refractivity contribution in [3.63, 3.8) is 0 Å². The molecule has 0 heterocycles. The summed E-state index contributed by atoms with van der Waals surface area (Å²) in [4.78, 5) is 21.2. The van der Waals surface area contributed by atoms with Crippen LogP contribution in [0.2, 0.25) is 0 Å². The van der Waals surface area contributed by atoms with E-state index in [1.807, 2.05) is 0 Å². The molecule has 1 aromatic rings. The molecule has 0 amide bonds. The normalized spacial score (nSPS) is 11.8. The van der Waals surface area contributed by atoms with Crippen molar-refractivity contribution in [2.45, 2.75) is 12.5 Å². The van der Waals surface area contributed by atoms with Gasteiger partial charge in [-0.2, -0.15) is 0 Å². The van der Waals surface area contributed by atoms with Crippen LogP contribution in [0.15, 0.2) is 30.3 Å². The average molecular weight is 294 g/mol. The van der Waals surface area contributed by atoms with Crippen LogP contribution in [-0.2, 0) is 9.59 Å². The number of benzene rings is 1. The van der Waals surface area contributed by atoms with Gasteiger partial charge in [-0.25, -0.2) is 0 Å². The first-order valence-electron chi connectivity index (χ1n) is 5.14. The number of carboxylic acid groups (broad SMARTS) is 2. The maximum atomic E-state index is 10.6. The van der Waals surface area contributed by atoms with Gasteiger partial charge < -0.3 is 31.3 Å². The number of anilines is 1. The minimum Gasteiger partial charge on any atom is -0.548 e. The van der Waals surface area contributed by atoms with Crippen LogP contribution in [-0.4, -0.2) is 18.0 Å². The van der Waals surface area contributed by atoms with E-state index in [0.717, 1.165) is 6.08 Å². The van der Waals surface area contributed by atoms with E-state index < -0.39 is 18.0 Å². The second kappa shape index (κ2) is 10.4. The summed E-state index contributed by atoms with van der Waals surface area (Å²) < 4.78 is 0. The third kappa shape index (κ3) is 6.90. The summed E-state index contributed by atoms with van der Waals surface area (Å²) in [5, 5.41) is 21.2. The Kier molecular flexibility index (Phi) is 11.4.